The van der Waals surface area contributed by atoms with Crippen molar-refractivity contribution in [3.05, 3.63) is 52.7 Å². The van der Waals surface area contributed by atoms with Crippen molar-refractivity contribution in [1.82, 2.24) is 15.3 Å². The molecule has 1 unspecified atom stereocenters. The monoisotopic (exact) mass is 381 g/mol. The fourth-order valence-electron chi connectivity index (χ4n) is 3.84. The molecular weight excluding hydrogens is 357 g/mol. The fourth-order valence-corrected chi connectivity index (χ4v) is 3.84. The lowest BCUT2D eigenvalue weighted by atomic mass is 9.99. The Kier molecular flexibility index (Phi) is 5.11. The number of fused-ring (bicyclic) bond motifs is 1. The first-order valence-corrected chi connectivity index (χ1v) is 9.78. The molecule has 1 N–H and O–H groups in total. The molecule has 1 aromatic carbocycles. The average Bonchev–Trinajstić information content (AvgIpc) is 3.10. The minimum absolute atomic E-state index is 0.0222. The van der Waals surface area contributed by atoms with Crippen molar-refractivity contribution in [2.75, 3.05) is 6.54 Å². The lowest BCUT2D eigenvalue weighted by molar-refractivity contribution is -0.118. The summed E-state index contributed by atoms with van der Waals surface area (Å²) in [5.41, 5.74) is 4.40. The summed E-state index contributed by atoms with van der Waals surface area (Å²) in [7, 11) is 0. The molecule has 1 amide bonds. The van der Waals surface area contributed by atoms with Gasteiger partial charge in [-0.15, -0.1) is 0 Å². The van der Waals surface area contributed by atoms with E-state index >= 15 is 0 Å². The molecule has 2 heterocycles. The first-order chi connectivity index (χ1) is 13.5. The fraction of sp³-hybridized carbons (Fsp3) is 0.409. The number of aromatic nitrogens is 2. The molecule has 146 valence electrons. The number of aryl methyl sites for hydroxylation is 2. The molecule has 0 bridgehead atoms. The summed E-state index contributed by atoms with van der Waals surface area (Å²) in [4.78, 5) is 21.2. The van der Waals surface area contributed by atoms with Gasteiger partial charge < -0.3 is 10.1 Å². The van der Waals surface area contributed by atoms with Gasteiger partial charge in [0.1, 0.15) is 17.7 Å². The number of benzene rings is 1. The number of hydrogen-bond acceptors (Lipinski definition) is 4. The molecular formula is C22H24FN3O2. The predicted molar refractivity (Wildman–Crippen MR) is 105 cm³/mol. The number of hydrogen-bond donors (Lipinski definition) is 1. The number of amides is 1. The Labute approximate surface area is 164 Å². The second-order valence-corrected chi connectivity index (χ2v) is 7.52. The maximum Gasteiger partial charge on any atom is 0.247 e. The molecule has 4 rings (SSSR count). The number of ether oxygens (including phenoxy) is 1. The van der Waals surface area contributed by atoms with Crippen LogP contribution in [0.3, 0.4) is 0 Å². The second kappa shape index (κ2) is 7.70. The third-order valence-electron chi connectivity index (χ3n) is 5.27. The van der Waals surface area contributed by atoms with Crippen molar-refractivity contribution in [3.63, 3.8) is 0 Å². The molecule has 1 aromatic heterocycles. The van der Waals surface area contributed by atoms with Crippen LogP contribution in [-0.4, -0.2) is 28.5 Å². The van der Waals surface area contributed by atoms with Crippen LogP contribution in [0.15, 0.2) is 30.0 Å². The van der Waals surface area contributed by atoms with E-state index in [0.29, 0.717) is 30.0 Å². The molecule has 1 aliphatic heterocycles. The Morgan fingerprint density at radius 3 is 2.96 bits per heavy atom. The van der Waals surface area contributed by atoms with Gasteiger partial charge >= 0.3 is 0 Å². The van der Waals surface area contributed by atoms with Gasteiger partial charge in [0.05, 0.1) is 23.6 Å². The van der Waals surface area contributed by atoms with Crippen molar-refractivity contribution < 1.29 is 13.9 Å². The summed E-state index contributed by atoms with van der Waals surface area (Å²) in [6.07, 6.45) is 8.05. The molecule has 0 spiro atoms. The quantitative estimate of drug-likeness (QED) is 0.875. The first-order valence-electron chi connectivity index (χ1n) is 9.78. The predicted octanol–water partition coefficient (Wildman–Crippen LogP) is 3.82. The van der Waals surface area contributed by atoms with Crippen LogP contribution >= 0.6 is 0 Å². The van der Waals surface area contributed by atoms with Crippen LogP contribution < -0.4 is 10.1 Å². The van der Waals surface area contributed by atoms with Crippen molar-refractivity contribution in [2.24, 2.45) is 0 Å². The van der Waals surface area contributed by atoms with E-state index in [0.717, 1.165) is 48.2 Å². The van der Waals surface area contributed by atoms with Crippen molar-refractivity contribution >= 4 is 5.91 Å². The Balaban J connectivity index is 1.52. The number of rotatable bonds is 4. The van der Waals surface area contributed by atoms with Gasteiger partial charge in [0.2, 0.25) is 5.91 Å². The van der Waals surface area contributed by atoms with E-state index < -0.39 is 0 Å². The van der Waals surface area contributed by atoms with Crippen LogP contribution in [0.25, 0.3) is 11.3 Å². The molecule has 28 heavy (non-hydrogen) atoms. The van der Waals surface area contributed by atoms with Gasteiger partial charge in [0, 0.05) is 29.3 Å². The van der Waals surface area contributed by atoms with Gasteiger partial charge in [-0.3, -0.25) is 9.78 Å². The number of allylic oxidation sites excluding steroid dienone is 1. The zero-order valence-electron chi connectivity index (χ0n) is 16.2. The van der Waals surface area contributed by atoms with E-state index in [1.165, 1.54) is 12.1 Å². The maximum absolute atomic E-state index is 14.2. The SMILES string of the molecule is Cc1cnc(C)c(-c2cc(F)cc3c2OC(CNC(=O)C2=CCCCC2)C3)n1. The number of nitrogens with zero attached hydrogens (tertiary/aromatic N) is 2. The number of carbonyl (C=O) groups is 1. The van der Waals surface area contributed by atoms with Crippen LogP contribution in [-0.2, 0) is 11.2 Å². The standard InChI is InChI=1S/C22H24FN3O2/c1-13-11-24-14(2)20(26-13)19-10-17(23)8-16-9-18(28-21(16)19)12-25-22(27)15-6-4-3-5-7-15/h6,8,10-11,18H,3-5,7,9,12H2,1-2H3,(H,25,27). The Bertz CT molecular complexity index is 955. The van der Waals surface area contributed by atoms with Crippen LogP contribution in [0.5, 0.6) is 5.75 Å². The summed E-state index contributed by atoms with van der Waals surface area (Å²) in [5.74, 6) is 0.295. The summed E-state index contributed by atoms with van der Waals surface area (Å²) >= 11 is 0. The minimum Gasteiger partial charge on any atom is -0.487 e. The van der Waals surface area contributed by atoms with Crippen LogP contribution in [0.2, 0.25) is 0 Å². The van der Waals surface area contributed by atoms with Gasteiger partial charge in [0.25, 0.3) is 0 Å². The average molecular weight is 381 g/mol. The lowest BCUT2D eigenvalue weighted by Crippen LogP contribution is -2.35. The zero-order chi connectivity index (χ0) is 19.7. The minimum atomic E-state index is -0.322. The molecule has 1 aliphatic carbocycles. The molecule has 2 aliphatic rings. The highest BCUT2D eigenvalue weighted by atomic mass is 19.1. The van der Waals surface area contributed by atoms with Crippen molar-refractivity contribution in [1.29, 1.82) is 0 Å². The third-order valence-corrected chi connectivity index (χ3v) is 5.27. The van der Waals surface area contributed by atoms with E-state index in [4.69, 9.17) is 4.74 Å². The largest absolute Gasteiger partial charge is 0.487 e. The van der Waals surface area contributed by atoms with Gasteiger partial charge in [-0.2, -0.15) is 0 Å². The molecule has 0 fully saturated rings. The molecule has 5 nitrogen and oxygen atoms in total. The highest BCUT2D eigenvalue weighted by Gasteiger charge is 2.28. The topological polar surface area (TPSA) is 64.1 Å². The normalized spacial score (nSPS) is 18.2. The van der Waals surface area contributed by atoms with E-state index in [1.54, 1.807) is 6.20 Å². The maximum atomic E-state index is 14.2. The van der Waals surface area contributed by atoms with E-state index in [-0.39, 0.29) is 17.8 Å². The molecule has 6 heteroatoms. The molecule has 0 saturated heterocycles. The van der Waals surface area contributed by atoms with Crippen LogP contribution in [0, 0.1) is 19.7 Å². The third kappa shape index (κ3) is 3.77. The number of carbonyl (C=O) groups excluding carboxylic acids is 1. The highest BCUT2D eigenvalue weighted by Crippen LogP contribution is 2.39. The Morgan fingerprint density at radius 2 is 2.18 bits per heavy atom. The van der Waals surface area contributed by atoms with Gasteiger partial charge in [-0.25, -0.2) is 9.37 Å². The van der Waals surface area contributed by atoms with Crippen molar-refractivity contribution in [2.45, 2.75) is 52.1 Å². The van der Waals surface area contributed by atoms with E-state index in [2.05, 4.69) is 15.3 Å². The molecule has 0 radical (unpaired) electrons. The highest BCUT2D eigenvalue weighted by molar-refractivity contribution is 5.93. The summed E-state index contributed by atoms with van der Waals surface area (Å²) in [6, 6.07) is 2.95. The van der Waals surface area contributed by atoms with Crippen LogP contribution in [0.1, 0.15) is 42.6 Å². The summed E-state index contributed by atoms with van der Waals surface area (Å²) in [6.45, 7) is 4.10. The Hall–Kier alpha value is -2.76. The number of halogens is 1. The summed E-state index contributed by atoms with van der Waals surface area (Å²) in [5, 5.41) is 2.97. The smallest absolute Gasteiger partial charge is 0.247 e. The molecule has 0 saturated carbocycles. The van der Waals surface area contributed by atoms with Crippen molar-refractivity contribution in [3.8, 4) is 17.0 Å². The van der Waals surface area contributed by atoms with Gasteiger partial charge in [0.15, 0.2) is 0 Å². The molecule has 2 aromatic rings. The van der Waals surface area contributed by atoms with Gasteiger partial charge in [-0.05, 0) is 51.7 Å². The lowest BCUT2D eigenvalue weighted by Gasteiger charge is -2.16. The second-order valence-electron chi connectivity index (χ2n) is 7.52. The Morgan fingerprint density at radius 1 is 1.32 bits per heavy atom. The van der Waals surface area contributed by atoms with E-state index in [9.17, 15) is 9.18 Å². The zero-order valence-corrected chi connectivity index (χ0v) is 16.2. The van der Waals surface area contributed by atoms with E-state index in [1.807, 2.05) is 19.9 Å². The molecule has 1 atom stereocenters. The van der Waals surface area contributed by atoms with Crippen LogP contribution in [0.4, 0.5) is 4.39 Å². The summed E-state index contributed by atoms with van der Waals surface area (Å²) < 4.78 is 20.4. The first kappa shape index (κ1) is 18.6. The van der Waals surface area contributed by atoms with Gasteiger partial charge in [-0.1, -0.05) is 6.08 Å². The number of nitrogens with one attached hydrogen (secondary N) is 1.